The number of piperazine rings is 1. The third-order valence-corrected chi connectivity index (χ3v) is 4.49. The molecule has 2 heterocycles. The first-order chi connectivity index (χ1) is 11.2. The molecule has 0 aromatic heterocycles. The second-order valence-electron chi connectivity index (χ2n) is 6.10. The molecule has 2 aliphatic rings. The minimum absolute atomic E-state index is 0.0960. The Balaban J connectivity index is 1.48. The van der Waals surface area contributed by atoms with E-state index < -0.39 is 0 Å². The van der Waals surface area contributed by atoms with Gasteiger partial charge >= 0.3 is 12.1 Å². The topological polar surface area (TPSA) is 55.9 Å². The Morgan fingerprint density at radius 2 is 1.30 bits per heavy atom. The van der Waals surface area contributed by atoms with E-state index in [1.807, 2.05) is 40.1 Å². The van der Waals surface area contributed by atoms with Crippen molar-refractivity contribution in [2.75, 3.05) is 44.6 Å². The van der Waals surface area contributed by atoms with Crippen LogP contribution in [0.4, 0.5) is 15.3 Å². The molecule has 0 bridgehead atoms. The van der Waals surface area contributed by atoms with Gasteiger partial charge in [0.15, 0.2) is 0 Å². The van der Waals surface area contributed by atoms with E-state index in [4.69, 9.17) is 0 Å². The lowest BCUT2D eigenvalue weighted by Crippen LogP contribution is -2.55. The molecule has 2 saturated heterocycles. The first kappa shape index (κ1) is 15.6. The molecule has 0 radical (unpaired) electrons. The zero-order valence-corrected chi connectivity index (χ0v) is 13.4. The number of carbonyl (C=O) groups excluding carboxylic acids is 2. The second kappa shape index (κ2) is 7.35. The van der Waals surface area contributed by atoms with E-state index >= 15 is 0 Å². The Morgan fingerprint density at radius 3 is 1.96 bits per heavy atom. The third kappa shape index (κ3) is 3.94. The highest BCUT2D eigenvalue weighted by atomic mass is 16.2. The summed E-state index contributed by atoms with van der Waals surface area (Å²) in [5, 5.41) is 2.89. The van der Waals surface area contributed by atoms with E-state index in [1.54, 1.807) is 4.90 Å². The highest BCUT2D eigenvalue weighted by Crippen LogP contribution is 2.14. The quantitative estimate of drug-likeness (QED) is 0.865. The first-order valence-electron chi connectivity index (χ1n) is 8.39. The maximum Gasteiger partial charge on any atom is 0.321 e. The van der Waals surface area contributed by atoms with Crippen LogP contribution in [0.5, 0.6) is 0 Å². The van der Waals surface area contributed by atoms with Crippen LogP contribution in [0.25, 0.3) is 0 Å². The first-order valence-corrected chi connectivity index (χ1v) is 8.39. The van der Waals surface area contributed by atoms with Crippen LogP contribution < -0.4 is 5.32 Å². The van der Waals surface area contributed by atoms with Crippen LogP contribution in [0.2, 0.25) is 0 Å². The van der Waals surface area contributed by atoms with Gasteiger partial charge in [0, 0.05) is 45.0 Å². The lowest BCUT2D eigenvalue weighted by molar-refractivity contribution is 0.116. The van der Waals surface area contributed by atoms with Crippen LogP contribution in [0.15, 0.2) is 30.3 Å². The predicted molar refractivity (Wildman–Crippen MR) is 89.4 cm³/mol. The normalized spacial score (nSPS) is 18.7. The third-order valence-electron chi connectivity index (χ3n) is 4.49. The van der Waals surface area contributed by atoms with Crippen molar-refractivity contribution in [2.24, 2.45) is 0 Å². The minimum atomic E-state index is -0.0960. The predicted octanol–water partition coefficient (Wildman–Crippen LogP) is 2.44. The number of nitrogens with one attached hydrogen (secondary N) is 1. The van der Waals surface area contributed by atoms with Gasteiger partial charge in [-0.05, 0) is 31.4 Å². The van der Waals surface area contributed by atoms with Gasteiger partial charge in [-0.2, -0.15) is 0 Å². The fraction of sp³-hybridized carbons (Fsp3) is 0.529. The van der Waals surface area contributed by atoms with Gasteiger partial charge < -0.3 is 20.0 Å². The number of hydrogen-bond acceptors (Lipinski definition) is 2. The average molecular weight is 316 g/mol. The number of carbonyl (C=O) groups is 2. The largest absolute Gasteiger partial charge is 0.325 e. The van der Waals surface area contributed by atoms with Crippen LogP contribution in [-0.2, 0) is 0 Å². The molecule has 0 spiro atoms. The summed E-state index contributed by atoms with van der Waals surface area (Å²) < 4.78 is 0. The van der Waals surface area contributed by atoms with Gasteiger partial charge in [0.1, 0.15) is 0 Å². The Labute approximate surface area is 137 Å². The van der Waals surface area contributed by atoms with E-state index in [0.29, 0.717) is 26.2 Å². The van der Waals surface area contributed by atoms with Crippen LogP contribution >= 0.6 is 0 Å². The van der Waals surface area contributed by atoms with E-state index in [1.165, 1.54) is 6.42 Å². The molecule has 2 fully saturated rings. The maximum atomic E-state index is 12.5. The number of rotatable bonds is 1. The van der Waals surface area contributed by atoms with E-state index in [2.05, 4.69) is 5.32 Å². The number of para-hydroxylation sites is 1. The van der Waals surface area contributed by atoms with E-state index in [9.17, 15) is 9.59 Å². The molecule has 0 unspecified atom stereocenters. The number of hydrogen-bond donors (Lipinski definition) is 1. The van der Waals surface area contributed by atoms with Crippen molar-refractivity contribution in [3.63, 3.8) is 0 Å². The molecule has 3 rings (SSSR count). The molecule has 124 valence electrons. The van der Waals surface area contributed by atoms with Gasteiger partial charge in [-0.1, -0.05) is 18.2 Å². The number of amides is 4. The van der Waals surface area contributed by atoms with Crippen LogP contribution in [-0.4, -0.2) is 66.0 Å². The summed E-state index contributed by atoms with van der Waals surface area (Å²) in [5.74, 6) is 0. The SMILES string of the molecule is O=C(Nc1ccccc1)N1CCN(C(=O)N2CCCCC2)CC1. The monoisotopic (exact) mass is 316 g/mol. The molecule has 0 atom stereocenters. The van der Waals surface area contributed by atoms with Gasteiger partial charge in [-0.25, -0.2) is 9.59 Å². The number of likely N-dealkylation sites (tertiary alicyclic amines) is 1. The van der Waals surface area contributed by atoms with E-state index in [-0.39, 0.29) is 12.1 Å². The maximum absolute atomic E-state index is 12.5. The summed E-state index contributed by atoms with van der Waals surface area (Å²) in [4.78, 5) is 30.3. The fourth-order valence-electron chi connectivity index (χ4n) is 3.11. The highest BCUT2D eigenvalue weighted by molar-refractivity contribution is 5.89. The number of piperidine rings is 1. The van der Waals surface area contributed by atoms with Gasteiger partial charge in [0.05, 0.1) is 0 Å². The number of benzene rings is 1. The molecule has 6 heteroatoms. The molecule has 2 aliphatic heterocycles. The van der Waals surface area contributed by atoms with Gasteiger partial charge in [-0.15, -0.1) is 0 Å². The van der Waals surface area contributed by atoms with Crippen LogP contribution in [0.1, 0.15) is 19.3 Å². The second-order valence-corrected chi connectivity index (χ2v) is 6.10. The molecule has 0 saturated carbocycles. The van der Waals surface area contributed by atoms with Crippen molar-refractivity contribution < 1.29 is 9.59 Å². The molecule has 1 aromatic rings. The van der Waals surface area contributed by atoms with E-state index in [0.717, 1.165) is 31.6 Å². The minimum Gasteiger partial charge on any atom is -0.325 e. The van der Waals surface area contributed by atoms with Crippen molar-refractivity contribution in [1.82, 2.24) is 14.7 Å². The molecule has 1 aromatic carbocycles. The lowest BCUT2D eigenvalue weighted by Gasteiger charge is -2.38. The van der Waals surface area contributed by atoms with Crippen LogP contribution in [0, 0.1) is 0 Å². The molecule has 23 heavy (non-hydrogen) atoms. The van der Waals surface area contributed by atoms with Gasteiger partial charge in [0.25, 0.3) is 0 Å². The Kier molecular flexibility index (Phi) is 5.00. The number of nitrogens with zero attached hydrogens (tertiary/aromatic N) is 3. The Morgan fingerprint density at radius 1 is 0.739 bits per heavy atom. The van der Waals surface area contributed by atoms with Crippen molar-refractivity contribution in [1.29, 1.82) is 0 Å². The molecule has 6 nitrogen and oxygen atoms in total. The summed E-state index contributed by atoms with van der Waals surface area (Å²) >= 11 is 0. The summed E-state index contributed by atoms with van der Waals surface area (Å²) in [6, 6.07) is 9.48. The Hall–Kier alpha value is -2.24. The average Bonchev–Trinajstić information content (AvgIpc) is 2.63. The highest BCUT2D eigenvalue weighted by Gasteiger charge is 2.27. The summed E-state index contributed by atoms with van der Waals surface area (Å²) in [7, 11) is 0. The molecular weight excluding hydrogens is 292 g/mol. The zero-order chi connectivity index (χ0) is 16.1. The summed E-state index contributed by atoms with van der Waals surface area (Å²) in [6.45, 7) is 4.12. The molecular formula is C17H24N4O2. The summed E-state index contributed by atoms with van der Waals surface area (Å²) in [6.07, 6.45) is 3.42. The van der Waals surface area contributed by atoms with Crippen LogP contribution in [0.3, 0.4) is 0 Å². The van der Waals surface area contributed by atoms with Gasteiger partial charge in [-0.3, -0.25) is 0 Å². The van der Waals surface area contributed by atoms with Crippen molar-refractivity contribution >= 4 is 17.7 Å². The molecule has 1 N–H and O–H groups in total. The molecule has 4 amide bonds. The molecule has 0 aliphatic carbocycles. The number of anilines is 1. The van der Waals surface area contributed by atoms with Crippen molar-refractivity contribution in [3.05, 3.63) is 30.3 Å². The Bertz CT molecular complexity index is 535. The van der Waals surface area contributed by atoms with Gasteiger partial charge in [0.2, 0.25) is 0 Å². The zero-order valence-electron chi connectivity index (χ0n) is 13.4. The van der Waals surface area contributed by atoms with Crippen molar-refractivity contribution in [2.45, 2.75) is 19.3 Å². The fourth-order valence-corrected chi connectivity index (χ4v) is 3.11. The van der Waals surface area contributed by atoms with Crippen molar-refractivity contribution in [3.8, 4) is 0 Å². The standard InChI is InChI=1S/C17H24N4O2/c22-16(18-15-7-3-1-4-8-15)19-11-13-21(14-12-19)17(23)20-9-5-2-6-10-20/h1,3-4,7-8H,2,5-6,9-14H2,(H,18,22). The summed E-state index contributed by atoms with van der Waals surface area (Å²) in [5.41, 5.74) is 0.796. The lowest BCUT2D eigenvalue weighted by atomic mass is 10.1. The number of urea groups is 2. The smallest absolute Gasteiger partial charge is 0.321 e.